The van der Waals surface area contributed by atoms with E-state index in [1.54, 1.807) is 0 Å². The van der Waals surface area contributed by atoms with Crippen LogP contribution in [0.5, 0.6) is 0 Å². The van der Waals surface area contributed by atoms with Crippen molar-refractivity contribution in [2.45, 2.75) is 58.9 Å². The molecule has 1 atom stereocenters. The summed E-state index contributed by atoms with van der Waals surface area (Å²) in [7, 11) is 2.16. The Hall–Kier alpha value is -2.47. The maximum Gasteiger partial charge on any atom is 0.137 e. The van der Waals surface area contributed by atoms with Crippen molar-refractivity contribution in [3.63, 3.8) is 0 Å². The van der Waals surface area contributed by atoms with E-state index in [0.717, 1.165) is 55.6 Å². The van der Waals surface area contributed by atoms with Crippen molar-refractivity contribution in [1.82, 2.24) is 24.3 Å². The van der Waals surface area contributed by atoms with Crippen LogP contribution in [0.3, 0.4) is 0 Å². The number of fused-ring (bicyclic) bond motifs is 2. The molecule has 30 heavy (non-hydrogen) atoms. The van der Waals surface area contributed by atoms with Crippen LogP contribution in [0.4, 0.5) is 5.82 Å². The number of imidazole rings is 1. The van der Waals surface area contributed by atoms with Gasteiger partial charge in [0.05, 0.1) is 11.4 Å². The molecule has 0 saturated carbocycles. The summed E-state index contributed by atoms with van der Waals surface area (Å²) < 4.78 is 2.25. The van der Waals surface area contributed by atoms with Crippen LogP contribution in [0.15, 0.2) is 18.3 Å². The normalized spacial score (nSPS) is 20.0. The zero-order valence-electron chi connectivity index (χ0n) is 18.6. The summed E-state index contributed by atoms with van der Waals surface area (Å²) in [5.41, 5.74) is 7.25. The minimum atomic E-state index is 0.403. The molecule has 0 unspecified atom stereocenters. The Balaban J connectivity index is 1.39. The number of hydrogen-bond acceptors (Lipinski definition) is 5. The zero-order chi connectivity index (χ0) is 20.8. The molecule has 0 radical (unpaired) electrons. The van der Waals surface area contributed by atoms with E-state index in [1.807, 2.05) is 0 Å². The van der Waals surface area contributed by atoms with Gasteiger partial charge in [-0.3, -0.25) is 4.90 Å². The average Bonchev–Trinajstić information content (AvgIpc) is 3.03. The predicted octanol–water partition coefficient (Wildman–Crippen LogP) is 3.81. The molecule has 0 amide bonds. The largest absolute Gasteiger partial charge is 0.359 e. The molecule has 3 aromatic rings. The highest BCUT2D eigenvalue weighted by atomic mass is 15.2. The van der Waals surface area contributed by atoms with Crippen molar-refractivity contribution < 1.29 is 0 Å². The molecule has 2 aliphatic rings. The lowest BCUT2D eigenvalue weighted by Gasteiger charge is -2.33. The first kappa shape index (κ1) is 19.5. The van der Waals surface area contributed by atoms with E-state index in [4.69, 9.17) is 15.0 Å². The van der Waals surface area contributed by atoms with Crippen molar-refractivity contribution in [3.05, 3.63) is 52.4 Å². The van der Waals surface area contributed by atoms with Crippen molar-refractivity contribution in [1.29, 1.82) is 0 Å². The molecule has 3 aromatic heterocycles. The number of piperidine rings is 1. The summed E-state index contributed by atoms with van der Waals surface area (Å²) in [5.74, 6) is 2.60. The Kier molecular flexibility index (Phi) is 4.97. The van der Waals surface area contributed by atoms with Gasteiger partial charge in [-0.25, -0.2) is 15.0 Å². The standard InChI is InChI=1S/C24H32N6/c1-16-9-12-30-21(18(3)25-22(30)13-16)15-29-11-5-7-19(14-29)23-26-17(2)20-8-6-10-28(4)24(20)27-23/h9,12-13,19H,5-8,10-11,14-15H2,1-4H3/t19-/m1/s1. The Morgan fingerprint density at radius 2 is 1.90 bits per heavy atom. The zero-order valence-corrected chi connectivity index (χ0v) is 18.6. The van der Waals surface area contributed by atoms with E-state index < -0.39 is 0 Å². The van der Waals surface area contributed by atoms with Gasteiger partial charge in [0.25, 0.3) is 0 Å². The van der Waals surface area contributed by atoms with E-state index in [-0.39, 0.29) is 0 Å². The van der Waals surface area contributed by atoms with Crippen molar-refractivity contribution in [2.75, 3.05) is 31.6 Å². The van der Waals surface area contributed by atoms with Crippen LogP contribution in [-0.2, 0) is 13.0 Å². The van der Waals surface area contributed by atoms with Crippen molar-refractivity contribution >= 4 is 11.5 Å². The third kappa shape index (κ3) is 3.47. The fourth-order valence-corrected chi connectivity index (χ4v) is 5.12. The predicted molar refractivity (Wildman–Crippen MR) is 120 cm³/mol. The molecule has 6 nitrogen and oxygen atoms in total. The minimum Gasteiger partial charge on any atom is -0.359 e. The number of pyridine rings is 1. The number of aromatic nitrogens is 4. The number of hydrogen-bond donors (Lipinski definition) is 0. The second-order valence-electron chi connectivity index (χ2n) is 9.14. The van der Waals surface area contributed by atoms with E-state index in [0.29, 0.717) is 5.92 Å². The highest BCUT2D eigenvalue weighted by Gasteiger charge is 2.27. The molecular formula is C24H32N6. The van der Waals surface area contributed by atoms with Crippen LogP contribution in [-0.4, -0.2) is 50.9 Å². The van der Waals surface area contributed by atoms with E-state index in [2.05, 4.69) is 60.3 Å². The van der Waals surface area contributed by atoms with Gasteiger partial charge < -0.3 is 9.30 Å². The molecule has 0 N–H and O–H groups in total. The number of rotatable bonds is 3. The summed E-state index contributed by atoms with van der Waals surface area (Å²) in [6, 6.07) is 4.33. The van der Waals surface area contributed by atoms with Gasteiger partial charge >= 0.3 is 0 Å². The third-order valence-corrected chi connectivity index (χ3v) is 6.82. The number of anilines is 1. The SMILES string of the molecule is Cc1ccn2c(CN3CCC[C@@H](c4nc(C)c5c(n4)N(C)CCC5)C3)c(C)nc2c1. The molecule has 0 aliphatic carbocycles. The van der Waals surface area contributed by atoms with Crippen molar-refractivity contribution in [3.8, 4) is 0 Å². The number of aryl methyl sites for hydroxylation is 3. The highest BCUT2D eigenvalue weighted by molar-refractivity contribution is 5.50. The maximum atomic E-state index is 5.06. The van der Waals surface area contributed by atoms with Gasteiger partial charge in [-0.2, -0.15) is 0 Å². The van der Waals surface area contributed by atoms with Gasteiger partial charge in [-0.15, -0.1) is 0 Å². The lowest BCUT2D eigenvalue weighted by molar-refractivity contribution is 0.193. The van der Waals surface area contributed by atoms with E-state index in [9.17, 15) is 0 Å². The topological polar surface area (TPSA) is 49.6 Å². The second kappa shape index (κ2) is 7.65. The monoisotopic (exact) mass is 404 g/mol. The Morgan fingerprint density at radius 3 is 2.77 bits per heavy atom. The van der Waals surface area contributed by atoms with Crippen LogP contribution in [0.2, 0.25) is 0 Å². The van der Waals surface area contributed by atoms with Crippen LogP contribution in [0, 0.1) is 20.8 Å². The minimum absolute atomic E-state index is 0.403. The van der Waals surface area contributed by atoms with Gasteiger partial charge in [0.1, 0.15) is 17.3 Å². The first-order chi connectivity index (χ1) is 14.5. The van der Waals surface area contributed by atoms with Gasteiger partial charge in [0.2, 0.25) is 0 Å². The Morgan fingerprint density at radius 1 is 1.03 bits per heavy atom. The van der Waals surface area contributed by atoms with E-state index >= 15 is 0 Å². The lowest BCUT2D eigenvalue weighted by atomic mass is 9.96. The average molecular weight is 405 g/mol. The Labute approximate surface area is 179 Å². The second-order valence-corrected chi connectivity index (χ2v) is 9.14. The van der Waals surface area contributed by atoms with Gasteiger partial charge in [0, 0.05) is 50.1 Å². The first-order valence-electron chi connectivity index (χ1n) is 11.2. The molecule has 1 saturated heterocycles. The Bertz CT molecular complexity index is 1080. The molecular weight excluding hydrogens is 372 g/mol. The molecule has 5 heterocycles. The quantitative estimate of drug-likeness (QED) is 0.664. The van der Waals surface area contributed by atoms with Crippen molar-refractivity contribution in [2.24, 2.45) is 0 Å². The van der Waals surface area contributed by atoms with Gasteiger partial charge in [-0.1, -0.05) is 0 Å². The maximum absolute atomic E-state index is 5.06. The molecule has 158 valence electrons. The summed E-state index contributed by atoms with van der Waals surface area (Å²) in [6.07, 6.45) is 6.82. The number of likely N-dealkylation sites (tertiary alicyclic amines) is 1. The molecule has 0 spiro atoms. The van der Waals surface area contributed by atoms with E-state index in [1.165, 1.54) is 41.8 Å². The molecule has 0 aromatic carbocycles. The van der Waals surface area contributed by atoms with Crippen LogP contribution < -0.4 is 4.90 Å². The fraction of sp³-hybridized carbons (Fsp3) is 0.542. The third-order valence-electron chi connectivity index (χ3n) is 6.82. The smallest absolute Gasteiger partial charge is 0.137 e. The summed E-state index contributed by atoms with van der Waals surface area (Å²) in [4.78, 5) is 19.7. The fourth-order valence-electron chi connectivity index (χ4n) is 5.12. The summed E-state index contributed by atoms with van der Waals surface area (Å²) in [5, 5.41) is 0. The molecule has 2 aliphatic heterocycles. The molecule has 1 fully saturated rings. The number of nitrogens with zero attached hydrogens (tertiary/aromatic N) is 6. The van der Waals surface area contributed by atoms with Crippen LogP contribution in [0.1, 0.15) is 59.2 Å². The summed E-state index contributed by atoms with van der Waals surface area (Å²) in [6.45, 7) is 10.6. The highest BCUT2D eigenvalue weighted by Crippen LogP contribution is 2.31. The van der Waals surface area contributed by atoms with Gasteiger partial charge in [0.15, 0.2) is 0 Å². The molecule has 5 rings (SSSR count). The summed E-state index contributed by atoms with van der Waals surface area (Å²) >= 11 is 0. The van der Waals surface area contributed by atoms with Crippen LogP contribution in [0.25, 0.3) is 5.65 Å². The first-order valence-corrected chi connectivity index (χ1v) is 11.2. The molecule has 0 bridgehead atoms. The lowest BCUT2D eigenvalue weighted by Crippen LogP contribution is -2.36. The van der Waals surface area contributed by atoms with Crippen LogP contribution >= 0.6 is 0 Å². The molecule has 6 heteroatoms. The van der Waals surface area contributed by atoms with Gasteiger partial charge in [-0.05, 0) is 70.7 Å².